The summed E-state index contributed by atoms with van der Waals surface area (Å²) in [5, 5.41) is 3.15. The van der Waals surface area contributed by atoms with E-state index in [0.717, 1.165) is 36.4 Å². The monoisotopic (exact) mass is 301 g/mol. The molecule has 0 bridgehead atoms. The molecule has 1 aliphatic rings. The summed E-state index contributed by atoms with van der Waals surface area (Å²) < 4.78 is 10.8. The van der Waals surface area contributed by atoms with Gasteiger partial charge in [0.05, 0.1) is 24.2 Å². The van der Waals surface area contributed by atoms with Gasteiger partial charge < -0.3 is 14.8 Å². The van der Waals surface area contributed by atoms with Gasteiger partial charge in [-0.1, -0.05) is 0 Å². The topological polar surface area (TPSA) is 82.0 Å². The van der Waals surface area contributed by atoms with Gasteiger partial charge >= 0.3 is 0 Å². The molecule has 3 heterocycles. The van der Waals surface area contributed by atoms with Crippen molar-refractivity contribution in [2.24, 2.45) is 0 Å². The Morgan fingerprint density at radius 2 is 2.27 bits per heavy atom. The first kappa shape index (κ1) is 14.8. The summed E-state index contributed by atoms with van der Waals surface area (Å²) in [5.41, 5.74) is 2.50. The molecule has 0 radical (unpaired) electrons. The van der Waals surface area contributed by atoms with Gasteiger partial charge in [-0.2, -0.15) is 0 Å². The molecule has 0 saturated carbocycles. The quantitative estimate of drug-likeness (QED) is 0.815. The zero-order valence-corrected chi connectivity index (χ0v) is 12.5. The van der Waals surface area contributed by atoms with Gasteiger partial charge in [0.25, 0.3) is 0 Å². The Morgan fingerprint density at radius 3 is 3.00 bits per heavy atom. The number of hydrogen-bond donors (Lipinski definition) is 1. The van der Waals surface area contributed by atoms with E-state index in [1.54, 1.807) is 31.9 Å². The molecule has 0 aromatic carbocycles. The lowest BCUT2D eigenvalue weighted by atomic mass is 10.1. The third-order valence-corrected chi connectivity index (χ3v) is 3.48. The largest absolute Gasteiger partial charge is 0.383 e. The van der Waals surface area contributed by atoms with E-state index in [1.165, 1.54) is 0 Å². The maximum Gasteiger partial charge on any atom is 0.223 e. The summed E-state index contributed by atoms with van der Waals surface area (Å²) in [6.45, 7) is 2.03. The smallest absolute Gasteiger partial charge is 0.223 e. The number of anilines is 1. The highest BCUT2D eigenvalue weighted by Crippen LogP contribution is 2.33. The lowest BCUT2D eigenvalue weighted by Crippen LogP contribution is -2.13. The fraction of sp³-hybridized carbons (Fsp3) is 0.467. The number of methoxy groups -OCH3 is 1. The van der Waals surface area contributed by atoms with Crippen molar-refractivity contribution in [2.75, 3.05) is 32.2 Å². The van der Waals surface area contributed by atoms with Crippen LogP contribution in [0.2, 0.25) is 0 Å². The Labute approximate surface area is 129 Å². The van der Waals surface area contributed by atoms with Crippen LogP contribution in [0, 0.1) is 0 Å². The van der Waals surface area contributed by atoms with Gasteiger partial charge in [0.1, 0.15) is 6.10 Å². The SMILES string of the molecule is COCCNc1ncc(-c2cnccn2)c([C@H]2CCCO2)n1. The molecule has 116 valence electrons. The zero-order valence-electron chi connectivity index (χ0n) is 12.5. The summed E-state index contributed by atoms with van der Waals surface area (Å²) in [6, 6.07) is 0. The fourth-order valence-electron chi connectivity index (χ4n) is 2.42. The average Bonchev–Trinajstić information content (AvgIpc) is 3.10. The van der Waals surface area contributed by atoms with E-state index in [1.807, 2.05) is 0 Å². The average molecular weight is 301 g/mol. The number of nitrogens with one attached hydrogen (secondary N) is 1. The summed E-state index contributed by atoms with van der Waals surface area (Å²) in [5.74, 6) is 0.579. The maximum atomic E-state index is 5.79. The van der Waals surface area contributed by atoms with Crippen LogP contribution in [0.1, 0.15) is 24.6 Å². The highest BCUT2D eigenvalue weighted by molar-refractivity contribution is 5.61. The second-order valence-corrected chi connectivity index (χ2v) is 5.00. The Kier molecular flexibility index (Phi) is 4.87. The molecule has 1 aliphatic heterocycles. The summed E-state index contributed by atoms with van der Waals surface area (Å²) in [6.07, 6.45) is 8.81. The van der Waals surface area contributed by atoms with Crippen molar-refractivity contribution in [2.45, 2.75) is 18.9 Å². The molecule has 0 amide bonds. The first-order chi connectivity index (χ1) is 10.9. The van der Waals surface area contributed by atoms with E-state index in [0.29, 0.717) is 19.1 Å². The van der Waals surface area contributed by atoms with Crippen molar-refractivity contribution in [3.63, 3.8) is 0 Å². The number of ether oxygens (including phenoxy) is 2. The first-order valence-electron chi connectivity index (χ1n) is 7.36. The predicted molar refractivity (Wildman–Crippen MR) is 81.4 cm³/mol. The van der Waals surface area contributed by atoms with Crippen LogP contribution in [0.25, 0.3) is 11.3 Å². The van der Waals surface area contributed by atoms with Gasteiger partial charge in [-0.3, -0.25) is 9.97 Å². The summed E-state index contributed by atoms with van der Waals surface area (Å²) in [7, 11) is 1.66. The van der Waals surface area contributed by atoms with Gasteiger partial charge in [0.15, 0.2) is 0 Å². The van der Waals surface area contributed by atoms with Crippen LogP contribution in [0.3, 0.4) is 0 Å². The number of nitrogens with zero attached hydrogens (tertiary/aromatic N) is 4. The minimum Gasteiger partial charge on any atom is -0.383 e. The number of aromatic nitrogens is 4. The summed E-state index contributed by atoms with van der Waals surface area (Å²) >= 11 is 0. The lowest BCUT2D eigenvalue weighted by Gasteiger charge is -2.15. The van der Waals surface area contributed by atoms with Crippen LogP contribution in [0.15, 0.2) is 24.8 Å². The van der Waals surface area contributed by atoms with Gasteiger partial charge in [-0.15, -0.1) is 0 Å². The molecule has 2 aromatic heterocycles. The van der Waals surface area contributed by atoms with E-state index in [2.05, 4.69) is 25.3 Å². The molecular weight excluding hydrogens is 282 g/mol. The normalized spacial score (nSPS) is 17.6. The summed E-state index contributed by atoms with van der Waals surface area (Å²) in [4.78, 5) is 17.5. The highest BCUT2D eigenvalue weighted by Gasteiger charge is 2.24. The molecule has 1 N–H and O–H groups in total. The second-order valence-electron chi connectivity index (χ2n) is 5.00. The number of hydrogen-bond acceptors (Lipinski definition) is 7. The van der Waals surface area contributed by atoms with Gasteiger partial charge in [-0.05, 0) is 12.8 Å². The molecule has 2 aromatic rings. The van der Waals surface area contributed by atoms with Crippen LogP contribution in [-0.2, 0) is 9.47 Å². The number of rotatable bonds is 6. The second kappa shape index (κ2) is 7.24. The molecule has 3 rings (SSSR count). The van der Waals surface area contributed by atoms with Gasteiger partial charge in [0, 0.05) is 44.4 Å². The van der Waals surface area contributed by atoms with Gasteiger partial charge in [-0.25, -0.2) is 9.97 Å². The van der Waals surface area contributed by atoms with Crippen LogP contribution < -0.4 is 5.32 Å². The molecule has 22 heavy (non-hydrogen) atoms. The van der Waals surface area contributed by atoms with Crippen LogP contribution >= 0.6 is 0 Å². The Balaban J connectivity index is 1.91. The molecule has 0 aliphatic carbocycles. The Bertz CT molecular complexity index is 602. The molecule has 1 fully saturated rings. The third-order valence-electron chi connectivity index (χ3n) is 3.48. The molecule has 0 spiro atoms. The van der Waals surface area contributed by atoms with E-state index < -0.39 is 0 Å². The van der Waals surface area contributed by atoms with E-state index in [4.69, 9.17) is 9.47 Å². The van der Waals surface area contributed by atoms with Crippen molar-refractivity contribution in [1.82, 2.24) is 19.9 Å². The standard InChI is InChI=1S/C15H19N5O2/c1-21-8-6-18-15-19-9-11(12-10-16-4-5-17-12)14(20-15)13-3-2-7-22-13/h4-5,9-10,13H,2-3,6-8H2,1H3,(H,18,19,20)/t13-/m1/s1. The van der Waals surface area contributed by atoms with E-state index in [-0.39, 0.29) is 6.10 Å². The highest BCUT2D eigenvalue weighted by atomic mass is 16.5. The first-order valence-corrected chi connectivity index (χ1v) is 7.36. The molecule has 0 unspecified atom stereocenters. The fourth-order valence-corrected chi connectivity index (χ4v) is 2.42. The van der Waals surface area contributed by atoms with E-state index >= 15 is 0 Å². The van der Waals surface area contributed by atoms with Crippen LogP contribution in [0.4, 0.5) is 5.95 Å². The van der Waals surface area contributed by atoms with Crippen LogP contribution in [-0.4, -0.2) is 46.8 Å². The zero-order chi connectivity index (χ0) is 15.2. The molecule has 7 nitrogen and oxygen atoms in total. The third kappa shape index (κ3) is 3.37. The van der Waals surface area contributed by atoms with Crippen molar-refractivity contribution in [3.8, 4) is 11.3 Å². The molecule has 1 atom stereocenters. The van der Waals surface area contributed by atoms with Crippen LogP contribution in [0.5, 0.6) is 0 Å². The molecule has 7 heteroatoms. The Hall–Kier alpha value is -2.12. The van der Waals surface area contributed by atoms with Crippen molar-refractivity contribution in [3.05, 3.63) is 30.5 Å². The van der Waals surface area contributed by atoms with Gasteiger partial charge in [0.2, 0.25) is 5.95 Å². The van der Waals surface area contributed by atoms with Crippen molar-refractivity contribution in [1.29, 1.82) is 0 Å². The maximum absolute atomic E-state index is 5.79. The minimum atomic E-state index is -0.0111. The predicted octanol–water partition coefficient (Wildman–Crippen LogP) is 1.84. The van der Waals surface area contributed by atoms with E-state index in [9.17, 15) is 0 Å². The lowest BCUT2D eigenvalue weighted by molar-refractivity contribution is 0.109. The minimum absolute atomic E-state index is 0.0111. The van der Waals surface area contributed by atoms with Crippen molar-refractivity contribution >= 4 is 5.95 Å². The molecule has 1 saturated heterocycles. The molecular formula is C15H19N5O2. The Morgan fingerprint density at radius 1 is 1.32 bits per heavy atom. The van der Waals surface area contributed by atoms with Crippen molar-refractivity contribution < 1.29 is 9.47 Å².